The van der Waals surface area contributed by atoms with Crippen molar-refractivity contribution in [1.82, 2.24) is 45.5 Å². The van der Waals surface area contributed by atoms with Crippen LogP contribution >= 0.6 is 0 Å². The molecule has 2 aliphatic rings. The van der Waals surface area contributed by atoms with Gasteiger partial charge in [-0.1, -0.05) is 0 Å². The molecular weight excluding hydrogens is 863 g/mol. The second-order valence-electron chi connectivity index (χ2n) is 16.6. The van der Waals surface area contributed by atoms with Gasteiger partial charge in [-0.15, -0.1) is 0 Å². The zero-order valence-electron chi connectivity index (χ0n) is 38.0. The summed E-state index contributed by atoms with van der Waals surface area (Å²) < 4.78 is 3.07. The van der Waals surface area contributed by atoms with Gasteiger partial charge in [0, 0.05) is 120 Å². The van der Waals surface area contributed by atoms with Crippen LogP contribution in [-0.2, 0) is 65.5 Å². The smallest absolute Gasteiger partial charge is 0.253 e. The summed E-state index contributed by atoms with van der Waals surface area (Å²) in [6.45, 7) is 4.01. The molecule has 0 saturated carbocycles. The average Bonchev–Trinajstić information content (AvgIpc) is 3.59. The number of Topliss-reactive ketones (excluding diaryl/α,β-unsaturated/α-hetero) is 1. The summed E-state index contributed by atoms with van der Waals surface area (Å²) in [5.74, 6) is -6.09. The molecule has 22 nitrogen and oxygen atoms in total. The predicted molar refractivity (Wildman–Crippen MR) is 236 cm³/mol. The van der Waals surface area contributed by atoms with Crippen LogP contribution in [0.5, 0.6) is 11.5 Å². The van der Waals surface area contributed by atoms with E-state index in [2.05, 4.69) is 26.6 Å². The van der Waals surface area contributed by atoms with E-state index in [-0.39, 0.29) is 114 Å². The summed E-state index contributed by atoms with van der Waals surface area (Å²) in [6, 6.07) is 2.23. The van der Waals surface area contributed by atoms with E-state index < -0.39 is 80.8 Å². The lowest BCUT2D eigenvalue weighted by molar-refractivity contribution is -0.137. The monoisotopic (exact) mass is 921 g/mol. The Kier molecular flexibility index (Phi) is 17.6. The number of likely N-dealkylation sites (N-methyl/N-ethyl adjacent to an activating group) is 1. The van der Waals surface area contributed by atoms with Crippen molar-refractivity contribution in [2.24, 2.45) is 14.1 Å². The Bertz CT molecular complexity index is 2340. The number of imide groups is 1. The molecule has 8 N–H and O–H groups in total. The largest absolute Gasteiger partial charge is 0.503 e. The zero-order valence-corrected chi connectivity index (χ0v) is 38.0. The summed E-state index contributed by atoms with van der Waals surface area (Å²) >= 11 is 0. The number of carbonyl (C=O) groups is 8. The first-order valence-corrected chi connectivity index (χ1v) is 21.4. The van der Waals surface area contributed by atoms with Crippen LogP contribution in [0.2, 0.25) is 0 Å². The minimum atomic E-state index is -1.47. The van der Waals surface area contributed by atoms with Gasteiger partial charge in [0.1, 0.15) is 0 Å². The number of aliphatic hydroxyl groups excluding tert-OH is 1. The van der Waals surface area contributed by atoms with Crippen molar-refractivity contribution in [1.29, 1.82) is 0 Å². The summed E-state index contributed by atoms with van der Waals surface area (Å²) in [6.07, 6.45) is 0.367. The van der Waals surface area contributed by atoms with E-state index in [1.165, 1.54) is 21.3 Å². The average molecular weight is 922 g/mol. The highest BCUT2D eigenvalue weighted by atomic mass is 16.3. The Morgan fingerprint density at radius 2 is 1.08 bits per heavy atom. The first-order chi connectivity index (χ1) is 31.0. The second kappa shape index (κ2) is 22.6. The van der Waals surface area contributed by atoms with Gasteiger partial charge in [0.05, 0.1) is 36.7 Å². The van der Waals surface area contributed by atoms with Crippen LogP contribution in [0.1, 0.15) is 87.5 Å². The van der Waals surface area contributed by atoms with Crippen molar-refractivity contribution in [2.45, 2.75) is 103 Å². The number of hydrogen-bond donors (Lipinski definition) is 8. The van der Waals surface area contributed by atoms with Gasteiger partial charge in [-0.2, -0.15) is 0 Å². The lowest BCUT2D eigenvalue weighted by Gasteiger charge is -2.35. The van der Waals surface area contributed by atoms with E-state index in [0.717, 1.165) is 17.1 Å². The van der Waals surface area contributed by atoms with Gasteiger partial charge in [-0.25, -0.2) is 0 Å². The van der Waals surface area contributed by atoms with E-state index in [4.69, 9.17) is 0 Å². The lowest BCUT2D eigenvalue weighted by Crippen LogP contribution is -2.51. The molecule has 0 bridgehead atoms. The van der Waals surface area contributed by atoms with Gasteiger partial charge in [0.2, 0.25) is 46.2 Å². The Balaban J connectivity index is 1.56. The maximum Gasteiger partial charge on any atom is 0.253 e. The maximum atomic E-state index is 13.7. The molecule has 4 rings (SSSR count). The van der Waals surface area contributed by atoms with Crippen LogP contribution in [0, 0.1) is 13.8 Å². The lowest BCUT2D eigenvalue weighted by atomic mass is 9.83. The first kappa shape index (κ1) is 51.4. The SMILES string of the molecule is Cc1cc(=O)c(O)c(CNC(=O)CCC(CCC(=O)NCC2=C(O)C(=O)CC(C)N2C)(CCC(=O)NCc2c(O)c(=O)cc(C)n2C)NC(=O)CCNC(=O)CCN2C(=O)C=CC2=O)n1C. The molecule has 66 heavy (non-hydrogen) atoms. The molecule has 22 heteroatoms. The predicted octanol–water partition coefficient (Wildman–Crippen LogP) is -0.759. The highest BCUT2D eigenvalue weighted by Crippen LogP contribution is 2.27. The van der Waals surface area contributed by atoms with Gasteiger partial charge < -0.3 is 55.9 Å². The molecule has 2 aromatic rings. The highest BCUT2D eigenvalue weighted by molar-refractivity contribution is 6.13. The van der Waals surface area contributed by atoms with E-state index >= 15 is 0 Å². The van der Waals surface area contributed by atoms with Gasteiger partial charge in [0.15, 0.2) is 17.3 Å². The number of aromatic hydroxyl groups is 2. The number of nitrogens with one attached hydrogen (secondary N) is 5. The number of ketones is 1. The summed E-state index contributed by atoms with van der Waals surface area (Å²) in [7, 11) is 4.87. The van der Waals surface area contributed by atoms with E-state index in [0.29, 0.717) is 11.4 Å². The molecule has 0 aromatic carbocycles. The van der Waals surface area contributed by atoms with Crippen LogP contribution in [0.25, 0.3) is 0 Å². The molecule has 7 amide bonds. The van der Waals surface area contributed by atoms with Crippen LogP contribution in [0.4, 0.5) is 0 Å². The number of rotatable bonds is 22. The standard InChI is InChI=1S/C44H59N9O13/c1-25-19-31(54)41(64)28(50(25)4)22-46-34(57)9-14-44(15-10-35(58)47-23-29-42(65)32(55)20-26(2)51(29)5,16-11-36(59)48-24-30-43(66)33(56)21-27(3)52(30)6)49-38(61)12-17-45-37(60)13-18-53-39(62)7-8-40(53)63/h7-8,19-20,27,64-66H,9-18,21-24H2,1-6H3,(H,45,60)(H,46,57)(H,47,58)(H,48,59)(H,49,61). The van der Waals surface area contributed by atoms with Crippen molar-refractivity contribution < 1.29 is 53.7 Å². The number of aromatic nitrogens is 2. The molecule has 0 aliphatic carbocycles. The first-order valence-electron chi connectivity index (χ1n) is 21.4. The number of aliphatic hydroxyl groups is 1. The summed E-state index contributed by atoms with van der Waals surface area (Å²) in [5, 5.41) is 44.9. The molecular formula is C44H59N9O13. The molecule has 0 spiro atoms. The number of aryl methyl sites for hydroxylation is 2. The zero-order chi connectivity index (χ0) is 49.0. The molecule has 0 fully saturated rings. The Morgan fingerprint density at radius 3 is 1.55 bits per heavy atom. The molecule has 2 aliphatic heterocycles. The minimum Gasteiger partial charge on any atom is -0.503 e. The van der Waals surface area contributed by atoms with E-state index in [1.807, 2.05) is 0 Å². The molecule has 358 valence electrons. The number of nitrogens with zero attached hydrogens (tertiary/aromatic N) is 4. The van der Waals surface area contributed by atoms with Gasteiger partial charge in [-0.3, -0.25) is 52.8 Å². The topological polar surface area (TPSA) is 308 Å². The fourth-order valence-corrected chi connectivity index (χ4v) is 7.51. The normalized spacial score (nSPS) is 15.0. The van der Waals surface area contributed by atoms with Crippen LogP contribution in [0.15, 0.2) is 45.3 Å². The van der Waals surface area contributed by atoms with E-state index in [1.54, 1.807) is 46.8 Å². The number of carbonyl (C=O) groups excluding carboxylic acids is 8. The number of allylic oxidation sites excluding steroid dienone is 1. The molecule has 1 atom stereocenters. The molecule has 4 heterocycles. The van der Waals surface area contributed by atoms with Crippen molar-refractivity contribution >= 4 is 47.1 Å². The number of hydrogen-bond acceptors (Lipinski definition) is 14. The van der Waals surface area contributed by atoms with Gasteiger partial charge in [-0.05, 0) is 40.0 Å². The minimum absolute atomic E-state index is 0.0831. The van der Waals surface area contributed by atoms with Crippen molar-refractivity contribution in [2.75, 3.05) is 26.7 Å². The second-order valence-corrected chi connectivity index (χ2v) is 16.6. The fraction of sp³-hybridized carbons (Fsp3) is 0.500. The molecule has 1 unspecified atom stereocenters. The quantitative estimate of drug-likeness (QED) is 0.0674. The Labute approximate surface area is 380 Å². The summed E-state index contributed by atoms with van der Waals surface area (Å²) in [4.78, 5) is 130. The van der Waals surface area contributed by atoms with E-state index in [9.17, 15) is 63.3 Å². The van der Waals surface area contributed by atoms with Crippen LogP contribution in [0.3, 0.4) is 0 Å². The Hall–Kier alpha value is -7.26. The van der Waals surface area contributed by atoms with Crippen molar-refractivity contribution in [3.8, 4) is 11.5 Å². The number of pyridine rings is 2. The Morgan fingerprint density at radius 1 is 0.636 bits per heavy atom. The van der Waals surface area contributed by atoms with Gasteiger partial charge >= 0.3 is 0 Å². The molecule has 0 radical (unpaired) electrons. The highest BCUT2D eigenvalue weighted by Gasteiger charge is 2.35. The third-order valence-corrected chi connectivity index (χ3v) is 12.1. The summed E-state index contributed by atoms with van der Waals surface area (Å²) in [5.41, 5.74) is -1.23. The third kappa shape index (κ3) is 13.4. The van der Waals surface area contributed by atoms with Crippen molar-refractivity contribution in [3.63, 3.8) is 0 Å². The molecule has 2 aromatic heterocycles. The fourth-order valence-electron chi connectivity index (χ4n) is 7.51. The van der Waals surface area contributed by atoms with Crippen LogP contribution in [-0.4, -0.2) is 120 Å². The molecule has 0 saturated heterocycles. The maximum absolute atomic E-state index is 13.7. The van der Waals surface area contributed by atoms with Gasteiger partial charge in [0.25, 0.3) is 11.8 Å². The van der Waals surface area contributed by atoms with Crippen LogP contribution < -0.4 is 37.4 Å². The van der Waals surface area contributed by atoms with Crippen molar-refractivity contribution in [3.05, 3.63) is 79.0 Å². The third-order valence-electron chi connectivity index (χ3n) is 12.1. The number of amides is 7.